The Kier molecular flexibility index (Phi) is 8.37. The van der Waals surface area contributed by atoms with E-state index in [4.69, 9.17) is 0 Å². The highest BCUT2D eigenvalue weighted by molar-refractivity contribution is 7.89. The molecule has 1 N–H and O–H groups in total. The van der Waals surface area contributed by atoms with Crippen molar-refractivity contribution in [3.63, 3.8) is 0 Å². The first-order valence-corrected chi connectivity index (χ1v) is 15.3. The van der Waals surface area contributed by atoms with Gasteiger partial charge in [0.05, 0.1) is 11.4 Å². The van der Waals surface area contributed by atoms with Crippen LogP contribution in [0.2, 0.25) is 0 Å². The fourth-order valence-corrected chi connectivity index (χ4v) is 6.74. The number of sulfonamides is 1. The predicted molar refractivity (Wildman–Crippen MR) is 157 cm³/mol. The highest BCUT2D eigenvalue weighted by Crippen LogP contribution is 2.35. The molecule has 5 rings (SSSR count). The molecule has 0 saturated heterocycles. The Morgan fingerprint density at radius 1 is 1.15 bits per heavy atom. The second-order valence-electron chi connectivity index (χ2n) is 10.8. The maximum Gasteiger partial charge on any atom is 0.241 e. The maximum atomic E-state index is 13.8. The molecule has 9 heteroatoms. The molecule has 4 aromatic rings. The van der Waals surface area contributed by atoms with Gasteiger partial charge in [-0.3, -0.25) is 4.79 Å². The summed E-state index contributed by atoms with van der Waals surface area (Å²) in [6.45, 7) is 3.87. The van der Waals surface area contributed by atoms with Crippen molar-refractivity contribution in [2.75, 3.05) is 4.90 Å². The second-order valence-corrected chi connectivity index (χ2v) is 12.5. The van der Waals surface area contributed by atoms with Gasteiger partial charge in [0.2, 0.25) is 15.9 Å². The smallest absolute Gasteiger partial charge is 0.241 e. The van der Waals surface area contributed by atoms with Gasteiger partial charge in [0, 0.05) is 37.6 Å². The Bertz CT molecular complexity index is 1650. The molecular weight excluding hydrogens is 539 g/mol. The lowest BCUT2D eigenvalue weighted by molar-refractivity contribution is -0.119. The van der Waals surface area contributed by atoms with Crippen LogP contribution in [-0.2, 0) is 34.8 Å². The number of carbonyl (C=O) groups excluding carboxylic acids is 1. The summed E-state index contributed by atoms with van der Waals surface area (Å²) in [4.78, 5) is 20.1. The zero-order valence-electron chi connectivity index (χ0n) is 23.5. The molecule has 0 spiro atoms. The Balaban J connectivity index is 1.46. The van der Waals surface area contributed by atoms with Crippen LogP contribution in [0.3, 0.4) is 0 Å². The quantitative estimate of drug-likeness (QED) is 0.268. The minimum Gasteiger partial charge on any atom is -0.337 e. The SMILES string of the molecule is Cc1cc(S(=O)(=O)N[C@H]2CCCc3ccc(N(Cc4nccn4C)C(=O)C[C@H](C)c4ccccc4)cc32)ccc1F. The summed E-state index contributed by atoms with van der Waals surface area (Å²) in [6.07, 6.45) is 6.13. The van der Waals surface area contributed by atoms with Crippen LogP contribution in [0.1, 0.15) is 66.2 Å². The third kappa shape index (κ3) is 6.41. The van der Waals surface area contributed by atoms with Crippen molar-refractivity contribution in [1.82, 2.24) is 14.3 Å². The molecule has 7 nitrogen and oxygen atoms in total. The van der Waals surface area contributed by atoms with E-state index in [0.29, 0.717) is 18.5 Å². The van der Waals surface area contributed by atoms with Crippen LogP contribution in [0.4, 0.5) is 10.1 Å². The highest BCUT2D eigenvalue weighted by Gasteiger charge is 2.28. The molecule has 1 aliphatic carbocycles. The molecule has 0 unspecified atom stereocenters. The zero-order valence-corrected chi connectivity index (χ0v) is 24.4. The topological polar surface area (TPSA) is 84.3 Å². The molecule has 0 bridgehead atoms. The van der Waals surface area contributed by atoms with Crippen molar-refractivity contribution in [2.45, 2.75) is 62.9 Å². The lowest BCUT2D eigenvalue weighted by Gasteiger charge is -2.30. The van der Waals surface area contributed by atoms with E-state index >= 15 is 0 Å². The molecule has 0 fully saturated rings. The number of carbonyl (C=O) groups is 1. The third-order valence-electron chi connectivity index (χ3n) is 7.86. The van der Waals surface area contributed by atoms with Crippen LogP contribution in [-0.4, -0.2) is 23.9 Å². The lowest BCUT2D eigenvalue weighted by Crippen LogP contribution is -2.34. The van der Waals surface area contributed by atoms with Gasteiger partial charge in [-0.25, -0.2) is 22.5 Å². The molecular formula is C32H35FN4O3S. The Hall–Kier alpha value is -3.82. The zero-order chi connectivity index (χ0) is 29.1. The van der Waals surface area contributed by atoms with Gasteiger partial charge in [-0.15, -0.1) is 0 Å². The van der Waals surface area contributed by atoms with Gasteiger partial charge in [0.1, 0.15) is 11.6 Å². The number of aryl methyl sites for hydroxylation is 3. The van der Waals surface area contributed by atoms with E-state index in [1.807, 2.05) is 73.3 Å². The highest BCUT2D eigenvalue weighted by atomic mass is 32.2. The van der Waals surface area contributed by atoms with Crippen LogP contribution in [0, 0.1) is 12.7 Å². The van der Waals surface area contributed by atoms with E-state index in [1.165, 1.54) is 18.2 Å². The summed E-state index contributed by atoms with van der Waals surface area (Å²) in [5.41, 5.74) is 3.96. The normalized spacial score (nSPS) is 15.8. The van der Waals surface area contributed by atoms with E-state index in [9.17, 15) is 17.6 Å². The Labute approximate surface area is 241 Å². The number of nitrogens with one attached hydrogen (secondary N) is 1. The molecule has 1 amide bonds. The van der Waals surface area contributed by atoms with E-state index in [-0.39, 0.29) is 28.8 Å². The fraction of sp³-hybridized carbons (Fsp3) is 0.312. The first kappa shape index (κ1) is 28.7. The van der Waals surface area contributed by atoms with E-state index in [2.05, 4.69) is 9.71 Å². The molecule has 0 saturated carbocycles. The fourth-order valence-electron chi connectivity index (χ4n) is 5.40. The molecule has 214 valence electrons. The van der Waals surface area contributed by atoms with Gasteiger partial charge in [-0.05, 0) is 84.7 Å². The number of amides is 1. The summed E-state index contributed by atoms with van der Waals surface area (Å²) in [6, 6.07) is 19.2. The number of benzene rings is 3. The number of hydrogen-bond donors (Lipinski definition) is 1. The number of imidazole rings is 1. The van der Waals surface area contributed by atoms with E-state index < -0.39 is 21.9 Å². The molecule has 0 radical (unpaired) electrons. The average molecular weight is 575 g/mol. The summed E-state index contributed by atoms with van der Waals surface area (Å²) >= 11 is 0. The van der Waals surface area contributed by atoms with Gasteiger partial charge < -0.3 is 9.47 Å². The number of halogens is 1. The van der Waals surface area contributed by atoms with Crippen molar-refractivity contribution in [3.8, 4) is 0 Å². The second kappa shape index (κ2) is 12.0. The molecule has 2 atom stereocenters. The Morgan fingerprint density at radius 3 is 2.63 bits per heavy atom. The summed E-state index contributed by atoms with van der Waals surface area (Å²) in [5, 5.41) is 0. The van der Waals surface area contributed by atoms with Crippen LogP contribution in [0.5, 0.6) is 0 Å². The number of fused-ring (bicyclic) bond motifs is 1. The first-order valence-electron chi connectivity index (χ1n) is 13.8. The first-order chi connectivity index (χ1) is 19.6. The van der Waals surface area contributed by atoms with Gasteiger partial charge in [0.15, 0.2) is 0 Å². The largest absolute Gasteiger partial charge is 0.337 e. The van der Waals surface area contributed by atoms with Gasteiger partial charge in [-0.2, -0.15) is 0 Å². The maximum absolute atomic E-state index is 13.8. The van der Waals surface area contributed by atoms with Crippen molar-refractivity contribution in [3.05, 3.63) is 113 Å². The van der Waals surface area contributed by atoms with Crippen molar-refractivity contribution in [1.29, 1.82) is 0 Å². The number of aromatic nitrogens is 2. The molecule has 0 aliphatic heterocycles. The van der Waals surface area contributed by atoms with E-state index in [1.54, 1.807) is 18.0 Å². The molecule has 1 heterocycles. The standard InChI is InChI=1S/C32H35FN4O3S/c1-22(24-8-5-4-6-9-24)19-32(38)37(21-31-34-16-17-36(31)3)26-13-12-25-10-7-11-30(28(25)20-26)35-41(39,40)27-14-15-29(33)23(2)18-27/h4-6,8-9,12-18,20,22,30,35H,7,10-11,19,21H2,1-3H3/t22-,30-/m0/s1. The minimum absolute atomic E-state index is 0.0175. The van der Waals surface area contributed by atoms with Gasteiger partial charge in [0.25, 0.3) is 0 Å². The van der Waals surface area contributed by atoms with Gasteiger partial charge >= 0.3 is 0 Å². The molecule has 41 heavy (non-hydrogen) atoms. The molecule has 1 aliphatic rings. The van der Waals surface area contributed by atoms with Crippen LogP contribution in [0.25, 0.3) is 0 Å². The number of rotatable bonds is 9. The van der Waals surface area contributed by atoms with Crippen molar-refractivity contribution in [2.24, 2.45) is 7.05 Å². The minimum atomic E-state index is -3.90. The van der Waals surface area contributed by atoms with Crippen LogP contribution >= 0.6 is 0 Å². The molecule has 1 aromatic heterocycles. The van der Waals surface area contributed by atoms with Crippen LogP contribution < -0.4 is 9.62 Å². The summed E-state index contributed by atoms with van der Waals surface area (Å²) in [7, 11) is -2.00. The number of hydrogen-bond acceptors (Lipinski definition) is 4. The Morgan fingerprint density at radius 2 is 1.93 bits per heavy atom. The summed E-state index contributed by atoms with van der Waals surface area (Å²) in [5.74, 6) is 0.269. The summed E-state index contributed by atoms with van der Waals surface area (Å²) < 4.78 is 45.1. The lowest BCUT2D eigenvalue weighted by atomic mass is 9.87. The van der Waals surface area contributed by atoms with Crippen LogP contribution in [0.15, 0.2) is 84.0 Å². The monoisotopic (exact) mass is 574 g/mol. The van der Waals surface area contributed by atoms with Crippen molar-refractivity contribution >= 4 is 21.6 Å². The van der Waals surface area contributed by atoms with Gasteiger partial charge in [-0.1, -0.05) is 43.3 Å². The van der Waals surface area contributed by atoms with E-state index in [0.717, 1.165) is 35.4 Å². The number of nitrogens with zero attached hydrogens (tertiary/aromatic N) is 3. The molecule has 3 aromatic carbocycles. The average Bonchev–Trinajstić information content (AvgIpc) is 3.37. The third-order valence-corrected chi connectivity index (χ3v) is 9.33. The number of anilines is 1. The predicted octanol–water partition coefficient (Wildman–Crippen LogP) is 5.95. The van der Waals surface area contributed by atoms with Crippen molar-refractivity contribution < 1.29 is 17.6 Å².